The van der Waals surface area contributed by atoms with Gasteiger partial charge in [0.1, 0.15) is 0 Å². The van der Waals surface area contributed by atoms with Gasteiger partial charge in [-0.1, -0.05) is 46.5 Å². The summed E-state index contributed by atoms with van der Waals surface area (Å²) in [5, 5.41) is 0. The Bertz CT molecular complexity index is 145. The summed E-state index contributed by atoms with van der Waals surface area (Å²) in [6.07, 6.45) is 6.84. The first-order chi connectivity index (χ1) is 7.02. The van der Waals surface area contributed by atoms with Gasteiger partial charge >= 0.3 is 0 Å². The number of unbranched alkanes of at least 4 members (excludes halogenated alkanes) is 3. The lowest BCUT2D eigenvalue weighted by Crippen LogP contribution is -2.30. The molecule has 1 unspecified atom stereocenters. The van der Waals surface area contributed by atoms with E-state index in [0.717, 1.165) is 6.61 Å². The highest BCUT2D eigenvalue weighted by Gasteiger charge is 2.17. The lowest BCUT2D eigenvalue weighted by atomic mass is 9.95. The van der Waals surface area contributed by atoms with Gasteiger partial charge in [0.2, 0.25) is 0 Å². The summed E-state index contributed by atoms with van der Waals surface area (Å²) in [4.78, 5) is 0. The molecule has 0 aromatic heterocycles. The zero-order chi connectivity index (χ0) is 11.7. The van der Waals surface area contributed by atoms with Gasteiger partial charge in [-0.3, -0.25) is 0 Å². The van der Waals surface area contributed by atoms with Crippen molar-refractivity contribution in [1.82, 2.24) is 0 Å². The third-order valence-corrected chi connectivity index (χ3v) is 2.78. The van der Waals surface area contributed by atoms with Crippen molar-refractivity contribution in [3.05, 3.63) is 0 Å². The Kier molecular flexibility index (Phi) is 8.07. The van der Waals surface area contributed by atoms with E-state index in [9.17, 15) is 0 Å². The third-order valence-electron chi connectivity index (χ3n) is 2.78. The summed E-state index contributed by atoms with van der Waals surface area (Å²) in [5.74, 6) is 0. The van der Waals surface area contributed by atoms with Gasteiger partial charge in [0.05, 0.1) is 12.7 Å². The molecule has 0 saturated heterocycles. The molecule has 0 fully saturated rings. The van der Waals surface area contributed by atoms with E-state index >= 15 is 0 Å². The molecule has 0 aliphatic carbocycles. The molecular weight excluding hydrogens is 186 g/mol. The van der Waals surface area contributed by atoms with E-state index in [4.69, 9.17) is 10.5 Å². The minimum absolute atomic E-state index is 0.123. The van der Waals surface area contributed by atoms with Gasteiger partial charge in [0.25, 0.3) is 0 Å². The zero-order valence-electron chi connectivity index (χ0n) is 11.0. The van der Waals surface area contributed by atoms with Crippen LogP contribution in [0.1, 0.15) is 59.8 Å². The van der Waals surface area contributed by atoms with Crippen LogP contribution in [0.15, 0.2) is 0 Å². The van der Waals surface area contributed by atoms with Crippen LogP contribution in [0.5, 0.6) is 0 Å². The number of nitrogens with two attached hydrogens (primary N) is 1. The minimum Gasteiger partial charge on any atom is -0.378 e. The normalized spacial score (nSPS) is 14.2. The smallest absolute Gasteiger partial charge is 0.0547 e. The first-order valence-corrected chi connectivity index (χ1v) is 6.33. The molecule has 2 heteroatoms. The predicted octanol–water partition coefficient (Wildman–Crippen LogP) is 3.35. The van der Waals surface area contributed by atoms with Gasteiger partial charge < -0.3 is 10.5 Å². The highest BCUT2D eigenvalue weighted by atomic mass is 16.5. The Hall–Kier alpha value is -0.0800. The standard InChI is InChI=1S/C13H29NO/c1-5-6-7-8-9-12(2)15-11-13(3,4)10-14/h12H,5-11,14H2,1-4H3. The van der Waals surface area contributed by atoms with Crippen LogP contribution in [0.4, 0.5) is 0 Å². The summed E-state index contributed by atoms with van der Waals surface area (Å²) < 4.78 is 5.80. The second-order valence-corrected chi connectivity index (χ2v) is 5.34. The maximum atomic E-state index is 5.80. The van der Waals surface area contributed by atoms with Crippen LogP contribution in [0.3, 0.4) is 0 Å². The quantitative estimate of drug-likeness (QED) is 0.599. The van der Waals surface area contributed by atoms with Gasteiger partial charge in [-0.2, -0.15) is 0 Å². The van der Waals surface area contributed by atoms with Crippen molar-refractivity contribution < 1.29 is 4.74 Å². The molecule has 0 aromatic rings. The van der Waals surface area contributed by atoms with Gasteiger partial charge in [-0.05, 0) is 19.9 Å². The van der Waals surface area contributed by atoms with Crippen LogP contribution in [-0.2, 0) is 4.74 Å². The third kappa shape index (κ3) is 8.88. The Morgan fingerprint density at radius 2 is 1.87 bits per heavy atom. The van der Waals surface area contributed by atoms with Gasteiger partial charge in [-0.25, -0.2) is 0 Å². The first-order valence-electron chi connectivity index (χ1n) is 6.33. The summed E-state index contributed by atoms with van der Waals surface area (Å²) >= 11 is 0. The molecule has 0 heterocycles. The highest BCUT2D eigenvalue weighted by Crippen LogP contribution is 2.15. The van der Waals surface area contributed by atoms with E-state index in [-0.39, 0.29) is 5.41 Å². The number of ether oxygens (including phenoxy) is 1. The minimum atomic E-state index is 0.123. The largest absolute Gasteiger partial charge is 0.378 e. The lowest BCUT2D eigenvalue weighted by Gasteiger charge is -2.24. The van der Waals surface area contributed by atoms with Crippen molar-refractivity contribution in [2.75, 3.05) is 13.2 Å². The van der Waals surface area contributed by atoms with Crippen molar-refractivity contribution in [2.45, 2.75) is 65.9 Å². The summed E-state index contributed by atoms with van der Waals surface area (Å²) in [7, 11) is 0. The van der Waals surface area contributed by atoms with Crippen LogP contribution in [-0.4, -0.2) is 19.3 Å². The molecule has 0 spiro atoms. The van der Waals surface area contributed by atoms with Crippen LogP contribution < -0.4 is 5.73 Å². The second-order valence-electron chi connectivity index (χ2n) is 5.34. The SMILES string of the molecule is CCCCCCC(C)OCC(C)(C)CN. The van der Waals surface area contributed by atoms with Gasteiger partial charge in [-0.15, -0.1) is 0 Å². The van der Waals surface area contributed by atoms with Crippen LogP contribution in [0.25, 0.3) is 0 Å². The Labute approximate surface area is 95.6 Å². The molecule has 92 valence electrons. The fourth-order valence-electron chi connectivity index (χ4n) is 1.37. The molecule has 0 aromatic carbocycles. The molecule has 0 amide bonds. The van der Waals surface area contributed by atoms with E-state index in [2.05, 4.69) is 27.7 Å². The molecule has 0 bridgehead atoms. The van der Waals surface area contributed by atoms with Crippen LogP contribution >= 0.6 is 0 Å². The number of hydrogen-bond acceptors (Lipinski definition) is 2. The van der Waals surface area contributed by atoms with Gasteiger partial charge in [0.15, 0.2) is 0 Å². The maximum absolute atomic E-state index is 5.80. The summed E-state index contributed by atoms with van der Waals surface area (Å²) in [5.41, 5.74) is 5.77. The average molecular weight is 215 g/mol. The Morgan fingerprint density at radius 1 is 1.20 bits per heavy atom. The number of rotatable bonds is 9. The number of hydrogen-bond donors (Lipinski definition) is 1. The van der Waals surface area contributed by atoms with E-state index in [1.807, 2.05) is 0 Å². The predicted molar refractivity (Wildman–Crippen MR) is 67.0 cm³/mol. The molecule has 15 heavy (non-hydrogen) atoms. The summed E-state index contributed by atoms with van der Waals surface area (Å²) in [6, 6.07) is 0. The molecule has 0 aliphatic heterocycles. The zero-order valence-corrected chi connectivity index (χ0v) is 11.0. The monoisotopic (exact) mass is 215 g/mol. The molecule has 0 rings (SSSR count). The van der Waals surface area contributed by atoms with Crippen molar-refractivity contribution in [3.63, 3.8) is 0 Å². The van der Waals surface area contributed by atoms with Gasteiger partial charge in [0, 0.05) is 5.41 Å². The highest BCUT2D eigenvalue weighted by molar-refractivity contribution is 4.68. The Balaban J connectivity index is 3.44. The first kappa shape index (κ1) is 14.9. The van der Waals surface area contributed by atoms with Crippen molar-refractivity contribution in [3.8, 4) is 0 Å². The van der Waals surface area contributed by atoms with E-state index in [0.29, 0.717) is 12.6 Å². The maximum Gasteiger partial charge on any atom is 0.0547 e. The molecule has 2 N–H and O–H groups in total. The molecule has 0 aliphatic rings. The molecular formula is C13H29NO. The van der Waals surface area contributed by atoms with Crippen molar-refractivity contribution in [2.24, 2.45) is 11.1 Å². The van der Waals surface area contributed by atoms with E-state index < -0.39 is 0 Å². The molecule has 1 atom stereocenters. The van der Waals surface area contributed by atoms with E-state index in [1.54, 1.807) is 0 Å². The summed E-state index contributed by atoms with van der Waals surface area (Å²) in [6.45, 7) is 10.2. The average Bonchev–Trinajstić information content (AvgIpc) is 2.22. The van der Waals surface area contributed by atoms with Crippen molar-refractivity contribution in [1.29, 1.82) is 0 Å². The molecule has 0 radical (unpaired) electrons. The Morgan fingerprint density at radius 3 is 2.40 bits per heavy atom. The second kappa shape index (κ2) is 8.12. The lowest BCUT2D eigenvalue weighted by molar-refractivity contribution is 0.0101. The topological polar surface area (TPSA) is 35.2 Å². The van der Waals surface area contributed by atoms with Crippen LogP contribution in [0.2, 0.25) is 0 Å². The molecule has 0 saturated carbocycles. The fourth-order valence-corrected chi connectivity index (χ4v) is 1.37. The van der Waals surface area contributed by atoms with Crippen LogP contribution in [0, 0.1) is 5.41 Å². The molecule has 2 nitrogen and oxygen atoms in total. The van der Waals surface area contributed by atoms with Crippen molar-refractivity contribution >= 4 is 0 Å². The fraction of sp³-hybridized carbons (Fsp3) is 1.00. The van der Waals surface area contributed by atoms with E-state index in [1.165, 1.54) is 32.1 Å².